The average molecular weight is 473 g/mol. The molecule has 174 valence electrons. The number of amides is 1. The van der Waals surface area contributed by atoms with E-state index in [9.17, 15) is 14.0 Å². The summed E-state index contributed by atoms with van der Waals surface area (Å²) in [7, 11) is 3.31. The van der Waals surface area contributed by atoms with Gasteiger partial charge in [0, 0.05) is 25.0 Å². The Morgan fingerprint density at radius 2 is 2.15 bits per heavy atom. The second-order valence-electron chi connectivity index (χ2n) is 7.64. The number of nitrogens with zero attached hydrogens (tertiary/aromatic N) is 2. The first-order chi connectivity index (χ1) is 15.7. The summed E-state index contributed by atoms with van der Waals surface area (Å²) < 4.78 is 23.8. The van der Waals surface area contributed by atoms with Gasteiger partial charge in [-0.3, -0.25) is 14.3 Å². The van der Waals surface area contributed by atoms with Crippen LogP contribution in [0.1, 0.15) is 34.3 Å². The van der Waals surface area contributed by atoms with Crippen LogP contribution in [0.25, 0.3) is 12.1 Å². The first-order valence-corrected chi connectivity index (χ1v) is 10.9. The normalized spacial score (nSPS) is 15.5. The standard InChI is InChI=1S/C22H25FN6O3S/c1-27-33-22(5-6-22)12-32-19(26)18-15(10-25)8-16(21(31)29(18)2)20(30)28-11-13-3-4-14(9-24)17(23)7-13/h3-4,7-8,10,27H,5-6,11-12,25-26H2,1-2H3,(H,28,30)/b15-10-,19-18-. The van der Waals surface area contributed by atoms with Gasteiger partial charge in [-0.25, -0.2) is 4.39 Å². The number of ether oxygens (including phenoxy) is 1. The molecule has 1 heterocycles. The topological polar surface area (TPSA) is 148 Å². The Balaban J connectivity index is 1.85. The molecule has 11 heteroatoms. The van der Waals surface area contributed by atoms with E-state index >= 15 is 0 Å². The molecule has 0 atom stereocenters. The number of halogens is 1. The zero-order valence-corrected chi connectivity index (χ0v) is 19.1. The second-order valence-corrected chi connectivity index (χ2v) is 9.12. The quantitative estimate of drug-likeness (QED) is 0.375. The molecule has 3 rings (SSSR count). The summed E-state index contributed by atoms with van der Waals surface area (Å²) in [4.78, 5) is 25.6. The van der Waals surface area contributed by atoms with Gasteiger partial charge in [0.2, 0.25) is 5.88 Å². The van der Waals surface area contributed by atoms with Crippen LogP contribution in [0.5, 0.6) is 0 Å². The van der Waals surface area contributed by atoms with E-state index in [1.165, 1.54) is 36.0 Å². The first kappa shape index (κ1) is 24.2. The van der Waals surface area contributed by atoms with E-state index in [1.807, 2.05) is 7.05 Å². The van der Waals surface area contributed by atoms with Gasteiger partial charge in [-0.2, -0.15) is 5.26 Å². The average Bonchev–Trinajstić information content (AvgIpc) is 3.57. The van der Waals surface area contributed by atoms with Crippen molar-refractivity contribution in [1.82, 2.24) is 14.6 Å². The van der Waals surface area contributed by atoms with Crippen LogP contribution < -0.4 is 37.6 Å². The maximum Gasteiger partial charge on any atom is 0.263 e. The SMILES string of the molecule is CNSC1(CO/C(N)=c2/c(=C\N)cc(C(=O)NCc3ccc(C#N)c(F)c3)c(=O)n2C)CC1. The van der Waals surface area contributed by atoms with Crippen molar-refractivity contribution < 1.29 is 13.9 Å². The highest BCUT2D eigenvalue weighted by Gasteiger charge is 2.44. The van der Waals surface area contributed by atoms with Crippen LogP contribution in [-0.2, 0) is 18.3 Å². The van der Waals surface area contributed by atoms with Crippen molar-refractivity contribution in [2.24, 2.45) is 18.5 Å². The van der Waals surface area contributed by atoms with E-state index in [0.29, 0.717) is 17.4 Å². The van der Waals surface area contributed by atoms with Crippen LogP contribution in [-0.4, -0.2) is 28.9 Å². The molecule has 1 aromatic heterocycles. The Bertz CT molecular complexity index is 1300. The van der Waals surface area contributed by atoms with Crippen molar-refractivity contribution >= 4 is 29.9 Å². The number of hydrogen-bond acceptors (Lipinski definition) is 8. The fraction of sp³-hybridized carbons (Fsp3) is 0.318. The summed E-state index contributed by atoms with van der Waals surface area (Å²) in [6.45, 7) is 0.336. The third-order valence-electron chi connectivity index (χ3n) is 5.33. The van der Waals surface area contributed by atoms with E-state index in [1.54, 1.807) is 18.0 Å². The summed E-state index contributed by atoms with van der Waals surface area (Å²) in [5.74, 6) is -1.30. The first-order valence-electron chi connectivity index (χ1n) is 10.1. The maximum absolute atomic E-state index is 13.8. The predicted octanol–water partition coefficient (Wildman–Crippen LogP) is -0.536. The molecule has 1 aliphatic rings. The van der Waals surface area contributed by atoms with E-state index in [-0.39, 0.29) is 33.7 Å². The molecule has 0 bridgehead atoms. The largest absolute Gasteiger partial charge is 0.476 e. The van der Waals surface area contributed by atoms with Crippen LogP contribution in [0.2, 0.25) is 0 Å². The van der Waals surface area contributed by atoms with Gasteiger partial charge in [-0.1, -0.05) is 18.0 Å². The monoisotopic (exact) mass is 472 g/mol. The van der Waals surface area contributed by atoms with E-state index in [0.717, 1.165) is 18.9 Å². The minimum atomic E-state index is -0.684. The molecule has 33 heavy (non-hydrogen) atoms. The lowest BCUT2D eigenvalue weighted by molar-refractivity contribution is 0.0948. The smallest absolute Gasteiger partial charge is 0.263 e. The van der Waals surface area contributed by atoms with Crippen molar-refractivity contribution in [2.75, 3.05) is 13.7 Å². The zero-order chi connectivity index (χ0) is 24.2. The molecule has 2 aromatic rings. The lowest BCUT2D eigenvalue weighted by Gasteiger charge is -2.16. The molecule has 1 fully saturated rings. The summed E-state index contributed by atoms with van der Waals surface area (Å²) >= 11 is 1.57. The van der Waals surface area contributed by atoms with Crippen LogP contribution in [0.15, 0.2) is 29.1 Å². The lowest BCUT2D eigenvalue weighted by atomic mass is 10.1. The second kappa shape index (κ2) is 9.97. The van der Waals surface area contributed by atoms with Crippen molar-refractivity contribution in [2.45, 2.75) is 24.1 Å². The molecular formula is C22H25FN6O3S. The Morgan fingerprint density at radius 1 is 1.42 bits per heavy atom. The number of nitriles is 1. The van der Waals surface area contributed by atoms with E-state index < -0.39 is 17.3 Å². The Morgan fingerprint density at radius 3 is 2.73 bits per heavy atom. The van der Waals surface area contributed by atoms with Crippen LogP contribution in [0.4, 0.5) is 4.39 Å². The third-order valence-corrected chi connectivity index (χ3v) is 6.49. The molecule has 0 saturated heterocycles. The highest BCUT2D eigenvalue weighted by molar-refractivity contribution is 7.99. The fourth-order valence-corrected chi connectivity index (χ4v) is 4.16. The van der Waals surface area contributed by atoms with Gasteiger partial charge in [0.1, 0.15) is 29.4 Å². The number of nitrogens with one attached hydrogen (secondary N) is 2. The molecular weight excluding hydrogens is 447 g/mol. The number of carbonyl (C=O) groups excluding carboxylic acids is 1. The summed E-state index contributed by atoms with van der Waals surface area (Å²) in [5.41, 5.74) is 11.5. The summed E-state index contributed by atoms with van der Waals surface area (Å²) in [5, 5.41) is 12.0. The summed E-state index contributed by atoms with van der Waals surface area (Å²) in [6.07, 6.45) is 3.22. The molecule has 1 amide bonds. The third kappa shape index (κ3) is 5.30. The van der Waals surface area contributed by atoms with Gasteiger partial charge in [-0.05, 0) is 43.7 Å². The number of pyridine rings is 1. The minimum absolute atomic E-state index is 0.0311. The number of rotatable bonds is 8. The van der Waals surface area contributed by atoms with Gasteiger partial charge >= 0.3 is 0 Å². The van der Waals surface area contributed by atoms with Crippen molar-refractivity contribution in [1.29, 1.82) is 5.26 Å². The maximum atomic E-state index is 13.8. The Kier molecular flexibility index (Phi) is 7.30. The Labute approximate surface area is 194 Å². The molecule has 1 aliphatic carbocycles. The Hall–Kier alpha value is -3.49. The molecule has 0 aliphatic heterocycles. The van der Waals surface area contributed by atoms with Crippen LogP contribution in [0, 0.1) is 17.1 Å². The number of nitrogens with two attached hydrogens (primary N) is 2. The fourth-order valence-electron chi connectivity index (χ4n) is 3.30. The van der Waals surface area contributed by atoms with Crippen molar-refractivity contribution in [3.8, 4) is 6.07 Å². The molecule has 9 nitrogen and oxygen atoms in total. The predicted molar refractivity (Wildman–Crippen MR) is 124 cm³/mol. The van der Waals surface area contributed by atoms with E-state index in [4.69, 9.17) is 21.5 Å². The molecule has 6 N–H and O–H groups in total. The van der Waals surface area contributed by atoms with Gasteiger partial charge < -0.3 is 26.1 Å². The highest BCUT2D eigenvalue weighted by Crippen LogP contribution is 2.47. The van der Waals surface area contributed by atoms with Gasteiger partial charge in [0.25, 0.3) is 11.5 Å². The van der Waals surface area contributed by atoms with Crippen molar-refractivity contribution in [3.63, 3.8) is 0 Å². The van der Waals surface area contributed by atoms with Gasteiger partial charge in [-0.15, -0.1) is 0 Å². The molecule has 0 unspecified atom stereocenters. The summed E-state index contributed by atoms with van der Waals surface area (Å²) in [6, 6.07) is 7.08. The lowest BCUT2D eigenvalue weighted by Crippen LogP contribution is -2.48. The van der Waals surface area contributed by atoms with Gasteiger partial charge in [0.05, 0.1) is 10.3 Å². The molecule has 0 radical (unpaired) electrons. The van der Waals surface area contributed by atoms with E-state index in [2.05, 4.69) is 10.0 Å². The highest BCUT2D eigenvalue weighted by atomic mass is 32.2. The molecule has 1 aromatic carbocycles. The molecule has 0 spiro atoms. The van der Waals surface area contributed by atoms with Crippen molar-refractivity contribution in [3.05, 3.63) is 67.7 Å². The number of hydrogen-bond donors (Lipinski definition) is 4. The van der Waals surface area contributed by atoms with Gasteiger partial charge in [0.15, 0.2) is 0 Å². The number of benzene rings is 1. The zero-order valence-electron chi connectivity index (χ0n) is 18.3. The van der Waals surface area contributed by atoms with Crippen LogP contribution >= 0.6 is 11.9 Å². The minimum Gasteiger partial charge on any atom is -0.476 e. The van der Waals surface area contributed by atoms with Crippen LogP contribution in [0.3, 0.4) is 0 Å². The molecule has 1 saturated carbocycles. The number of carbonyl (C=O) groups is 1. The number of aromatic nitrogens is 1.